The molecule has 3 aromatic rings. The number of sulfonamides is 1. The molecule has 7 nitrogen and oxygen atoms in total. The van der Waals surface area contributed by atoms with Crippen LogP contribution in [0.25, 0.3) is 10.2 Å². The number of benzene rings is 2. The third-order valence-electron chi connectivity index (χ3n) is 6.80. The van der Waals surface area contributed by atoms with Crippen molar-refractivity contribution < 1.29 is 13.2 Å². The monoisotopic (exact) mass is 514 g/mol. The van der Waals surface area contributed by atoms with E-state index in [0.717, 1.165) is 33.0 Å². The Balaban J connectivity index is 1.52. The molecule has 1 saturated heterocycles. The first-order valence-electron chi connectivity index (χ1n) is 12.0. The smallest absolute Gasteiger partial charge is 0.243 e. The maximum atomic E-state index is 13.7. The second-order valence-corrected chi connectivity index (χ2v) is 12.6. The van der Waals surface area contributed by atoms with Crippen molar-refractivity contribution in [3.05, 3.63) is 53.1 Å². The van der Waals surface area contributed by atoms with Gasteiger partial charge in [-0.3, -0.25) is 9.69 Å². The number of aryl methyl sites for hydroxylation is 3. The summed E-state index contributed by atoms with van der Waals surface area (Å²) in [5.74, 6) is -0.191. The SMILES string of the molecule is Cc1ccc(S(=O)(=O)N2CCC(C(=O)N(CCN(C)C)c3nc4c(C)c(C)ccc4s3)CC2)cc1. The average Bonchev–Trinajstić information content (AvgIpc) is 3.26. The highest BCUT2D eigenvalue weighted by atomic mass is 32.2. The molecule has 35 heavy (non-hydrogen) atoms. The highest BCUT2D eigenvalue weighted by molar-refractivity contribution is 7.89. The van der Waals surface area contributed by atoms with Gasteiger partial charge in [-0.25, -0.2) is 13.4 Å². The topological polar surface area (TPSA) is 73.8 Å². The average molecular weight is 515 g/mol. The first-order chi connectivity index (χ1) is 16.6. The van der Waals surface area contributed by atoms with E-state index in [1.807, 2.05) is 38.1 Å². The van der Waals surface area contributed by atoms with E-state index in [0.29, 0.717) is 37.4 Å². The Morgan fingerprint density at radius 1 is 1.03 bits per heavy atom. The van der Waals surface area contributed by atoms with Crippen LogP contribution in [0.4, 0.5) is 5.13 Å². The molecule has 2 heterocycles. The van der Waals surface area contributed by atoms with Gasteiger partial charge in [0.25, 0.3) is 0 Å². The molecule has 1 aliphatic rings. The first-order valence-corrected chi connectivity index (χ1v) is 14.2. The third kappa shape index (κ3) is 5.43. The van der Waals surface area contributed by atoms with Crippen LogP contribution in [0, 0.1) is 26.7 Å². The molecule has 1 aliphatic heterocycles. The molecule has 0 atom stereocenters. The number of hydrogen-bond acceptors (Lipinski definition) is 6. The van der Waals surface area contributed by atoms with Crippen LogP contribution in [-0.2, 0) is 14.8 Å². The van der Waals surface area contributed by atoms with Gasteiger partial charge < -0.3 is 4.90 Å². The molecule has 0 saturated carbocycles. The van der Waals surface area contributed by atoms with Gasteiger partial charge in [0.2, 0.25) is 15.9 Å². The van der Waals surface area contributed by atoms with Crippen LogP contribution in [0.5, 0.6) is 0 Å². The Hall–Kier alpha value is -2.33. The fourth-order valence-corrected chi connectivity index (χ4v) is 6.88. The summed E-state index contributed by atoms with van der Waals surface area (Å²) in [6.07, 6.45) is 1.01. The Morgan fingerprint density at radius 2 is 1.69 bits per heavy atom. The maximum absolute atomic E-state index is 13.7. The van der Waals surface area contributed by atoms with Crippen LogP contribution in [0.3, 0.4) is 0 Å². The van der Waals surface area contributed by atoms with Crippen molar-refractivity contribution in [1.82, 2.24) is 14.2 Å². The summed E-state index contributed by atoms with van der Waals surface area (Å²) in [6, 6.07) is 11.1. The number of thiazole rings is 1. The summed E-state index contributed by atoms with van der Waals surface area (Å²) < 4.78 is 28.7. The number of likely N-dealkylation sites (N-methyl/N-ethyl adjacent to an activating group) is 1. The zero-order valence-corrected chi connectivity index (χ0v) is 22.7. The minimum Gasteiger partial charge on any atom is -0.308 e. The van der Waals surface area contributed by atoms with E-state index in [9.17, 15) is 13.2 Å². The fourth-order valence-electron chi connectivity index (χ4n) is 4.35. The van der Waals surface area contributed by atoms with E-state index >= 15 is 0 Å². The van der Waals surface area contributed by atoms with Crippen LogP contribution in [0.15, 0.2) is 41.3 Å². The fraction of sp³-hybridized carbons (Fsp3) is 0.462. The van der Waals surface area contributed by atoms with E-state index in [1.165, 1.54) is 9.87 Å². The summed E-state index contributed by atoms with van der Waals surface area (Å²) in [4.78, 5) is 22.8. The van der Waals surface area contributed by atoms with Gasteiger partial charge in [0.15, 0.2) is 5.13 Å². The number of anilines is 1. The normalized spacial score (nSPS) is 15.7. The molecule has 2 aromatic carbocycles. The molecular formula is C26H34N4O3S2. The van der Waals surface area contributed by atoms with Crippen molar-refractivity contribution in [2.45, 2.75) is 38.5 Å². The van der Waals surface area contributed by atoms with Gasteiger partial charge in [-0.05, 0) is 77.0 Å². The van der Waals surface area contributed by atoms with E-state index in [-0.39, 0.29) is 11.8 Å². The molecule has 0 aliphatic carbocycles. The molecule has 0 N–H and O–H groups in total. The van der Waals surface area contributed by atoms with Gasteiger partial charge in [-0.2, -0.15) is 4.31 Å². The Bertz CT molecular complexity index is 1310. The van der Waals surface area contributed by atoms with E-state index in [4.69, 9.17) is 4.98 Å². The zero-order chi connectivity index (χ0) is 25.3. The summed E-state index contributed by atoms with van der Waals surface area (Å²) >= 11 is 1.54. The molecule has 9 heteroatoms. The van der Waals surface area contributed by atoms with Gasteiger partial charge in [-0.1, -0.05) is 35.1 Å². The lowest BCUT2D eigenvalue weighted by Gasteiger charge is -2.33. The number of hydrogen-bond donors (Lipinski definition) is 0. The van der Waals surface area contributed by atoms with Crippen molar-refractivity contribution in [3.8, 4) is 0 Å². The minimum absolute atomic E-state index is 0.0349. The Labute approximate surface area is 212 Å². The summed E-state index contributed by atoms with van der Waals surface area (Å²) in [5.41, 5.74) is 4.29. The van der Waals surface area contributed by atoms with E-state index < -0.39 is 10.0 Å². The van der Waals surface area contributed by atoms with E-state index in [1.54, 1.807) is 23.5 Å². The van der Waals surface area contributed by atoms with Crippen LogP contribution in [-0.4, -0.2) is 68.8 Å². The van der Waals surface area contributed by atoms with E-state index in [2.05, 4.69) is 30.9 Å². The van der Waals surface area contributed by atoms with Crippen LogP contribution in [0.2, 0.25) is 0 Å². The highest BCUT2D eigenvalue weighted by Crippen LogP contribution is 2.34. The predicted molar refractivity (Wildman–Crippen MR) is 143 cm³/mol. The van der Waals surface area contributed by atoms with Gasteiger partial charge in [0.05, 0.1) is 15.1 Å². The first kappa shape index (κ1) is 25.8. The molecule has 0 spiro atoms. The number of fused-ring (bicyclic) bond motifs is 1. The van der Waals surface area contributed by atoms with Gasteiger partial charge >= 0.3 is 0 Å². The number of rotatable bonds is 7. The number of aromatic nitrogens is 1. The Kier molecular flexibility index (Phi) is 7.61. The molecule has 0 bridgehead atoms. The molecule has 0 radical (unpaired) electrons. The number of amides is 1. The molecular weight excluding hydrogens is 480 g/mol. The molecule has 1 aromatic heterocycles. The number of piperidine rings is 1. The molecule has 188 valence electrons. The predicted octanol–water partition coefficient (Wildman–Crippen LogP) is 4.22. The molecule has 4 rings (SSSR count). The number of carbonyl (C=O) groups excluding carboxylic acids is 1. The Morgan fingerprint density at radius 3 is 2.31 bits per heavy atom. The lowest BCUT2D eigenvalue weighted by Crippen LogP contribution is -2.46. The standard InChI is InChI=1S/C26H34N4O3S2/c1-18-6-9-22(10-7-18)35(32,33)29-14-12-21(13-15-29)25(31)30(17-16-28(4)5)26-27-24-20(3)19(2)8-11-23(24)34-26/h6-11,21H,12-17H2,1-5H3. The quantitative estimate of drug-likeness (QED) is 0.472. The summed E-state index contributed by atoms with van der Waals surface area (Å²) in [6.45, 7) is 8.02. The van der Waals surface area contributed by atoms with Crippen molar-refractivity contribution in [2.75, 3.05) is 45.2 Å². The highest BCUT2D eigenvalue weighted by Gasteiger charge is 2.35. The molecule has 1 amide bonds. The molecule has 1 fully saturated rings. The second kappa shape index (κ2) is 10.3. The lowest BCUT2D eigenvalue weighted by atomic mass is 9.96. The van der Waals surface area contributed by atoms with Crippen molar-refractivity contribution in [1.29, 1.82) is 0 Å². The van der Waals surface area contributed by atoms with Crippen LogP contribution >= 0.6 is 11.3 Å². The van der Waals surface area contributed by atoms with Crippen molar-refractivity contribution in [3.63, 3.8) is 0 Å². The molecule has 0 unspecified atom stereocenters. The van der Waals surface area contributed by atoms with Crippen molar-refractivity contribution >= 4 is 42.6 Å². The van der Waals surface area contributed by atoms with Gasteiger partial charge in [0, 0.05) is 32.1 Å². The van der Waals surface area contributed by atoms with Crippen LogP contribution in [0.1, 0.15) is 29.5 Å². The lowest BCUT2D eigenvalue weighted by molar-refractivity contribution is -0.123. The summed E-state index contributed by atoms with van der Waals surface area (Å²) in [5, 5.41) is 0.718. The zero-order valence-electron chi connectivity index (χ0n) is 21.1. The van der Waals surface area contributed by atoms with Crippen molar-refractivity contribution in [2.24, 2.45) is 5.92 Å². The minimum atomic E-state index is -3.56. The number of carbonyl (C=O) groups is 1. The number of nitrogens with zero attached hydrogens (tertiary/aromatic N) is 4. The summed E-state index contributed by atoms with van der Waals surface area (Å²) in [7, 11) is 0.422. The third-order valence-corrected chi connectivity index (χ3v) is 9.76. The van der Waals surface area contributed by atoms with Gasteiger partial charge in [0.1, 0.15) is 0 Å². The van der Waals surface area contributed by atoms with Crippen LogP contribution < -0.4 is 4.90 Å². The second-order valence-electron chi connectivity index (χ2n) is 9.64. The largest absolute Gasteiger partial charge is 0.308 e. The maximum Gasteiger partial charge on any atom is 0.243 e. The van der Waals surface area contributed by atoms with Gasteiger partial charge in [-0.15, -0.1) is 0 Å².